The average Bonchev–Trinajstić information content (AvgIpc) is 3.20. The van der Waals surface area contributed by atoms with Gasteiger partial charge in [-0.15, -0.1) is 11.3 Å². The average molecular weight is 435 g/mol. The number of anilines is 1. The molecule has 0 aliphatic rings. The Hall–Kier alpha value is -2.35. The Balaban J connectivity index is 1.59. The van der Waals surface area contributed by atoms with Crippen molar-refractivity contribution in [3.63, 3.8) is 0 Å². The van der Waals surface area contributed by atoms with Crippen LogP contribution in [0.5, 0.6) is 0 Å². The molecular formula is C20H16ClFN2O2S2. The summed E-state index contributed by atoms with van der Waals surface area (Å²) in [5.41, 5.74) is 0.566. The fourth-order valence-electron chi connectivity index (χ4n) is 2.32. The van der Waals surface area contributed by atoms with Gasteiger partial charge < -0.3 is 10.6 Å². The van der Waals surface area contributed by atoms with Crippen LogP contribution in [0.4, 0.5) is 10.1 Å². The molecule has 0 spiro atoms. The van der Waals surface area contributed by atoms with Crippen molar-refractivity contribution in [3.8, 4) is 0 Å². The van der Waals surface area contributed by atoms with Gasteiger partial charge in [-0.3, -0.25) is 9.59 Å². The monoisotopic (exact) mass is 434 g/mol. The molecule has 2 N–H and O–H groups in total. The first-order valence-corrected chi connectivity index (χ1v) is 10.4. The highest BCUT2D eigenvalue weighted by molar-refractivity contribution is 7.99. The van der Waals surface area contributed by atoms with E-state index < -0.39 is 0 Å². The Kier molecular flexibility index (Phi) is 7.08. The van der Waals surface area contributed by atoms with Crippen LogP contribution >= 0.6 is 34.7 Å². The van der Waals surface area contributed by atoms with E-state index in [9.17, 15) is 14.0 Å². The molecule has 2 aromatic carbocycles. The van der Waals surface area contributed by atoms with Crippen LogP contribution in [0.15, 0.2) is 69.8 Å². The van der Waals surface area contributed by atoms with Gasteiger partial charge >= 0.3 is 0 Å². The van der Waals surface area contributed by atoms with Gasteiger partial charge in [0.25, 0.3) is 5.91 Å². The van der Waals surface area contributed by atoms with Crippen molar-refractivity contribution in [1.29, 1.82) is 0 Å². The van der Waals surface area contributed by atoms with Gasteiger partial charge in [0.15, 0.2) is 0 Å². The third-order valence-corrected chi connectivity index (χ3v) is 5.83. The minimum atomic E-state index is -0.307. The highest BCUT2D eigenvalue weighted by Crippen LogP contribution is 2.35. The minimum Gasteiger partial charge on any atom is -0.351 e. The maximum atomic E-state index is 13.1. The highest BCUT2D eigenvalue weighted by Gasteiger charge is 2.11. The lowest BCUT2D eigenvalue weighted by Gasteiger charge is -2.12. The first-order valence-electron chi connectivity index (χ1n) is 8.36. The van der Waals surface area contributed by atoms with Gasteiger partial charge in [-0.2, -0.15) is 0 Å². The SMILES string of the molecule is O=C(CCNC(=O)c1cccs1)Nc1cc(Cl)ccc1Sc1ccc(F)cc1. The molecule has 3 aromatic rings. The van der Waals surface area contributed by atoms with E-state index in [-0.39, 0.29) is 30.6 Å². The molecule has 0 fully saturated rings. The molecule has 1 aromatic heterocycles. The second kappa shape index (κ2) is 9.73. The molecule has 0 aliphatic carbocycles. The number of nitrogens with one attached hydrogen (secondary N) is 2. The van der Waals surface area contributed by atoms with Crippen molar-refractivity contribution >= 4 is 52.2 Å². The van der Waals surface area contributed by atoms with E-state index in [0.717, 1.165) is 9.79 Å². The maximum absolute atomic E-state index is 13.1. The zero-order valence-electron chi connectivity index (χ0n) is 14.6. The summed E-state index contributed by atoms with van der Waals surface area (Å²) in [6.45, 7) is 0.226. The van der Waals surface area contributed by atoms with Crippen LogP contribution in [0.3, 0.4) is 0 Å². The predicted octanol–water partition coefficient (Wildman–Crippen LogP) is 5.45. The lowest BCUT2D eigenvalue weighted by Crippen LogP contribution is -2.27. The number of halogens is 2. The molecule has 0 unspecified atom stereocenters. The summed E-state index contributed by atoms with van der Waals surface area (Å²) >= 11 is 8.80. The molecule has 28 heavy (non-hydrogen) atoms. The van der Waals surface area contributed by atoms with E-state index in [2.05, 4.69) is 10.6 Å². The minimum absolute atomic E-state index is 0.129. The topological polar surface area (TPSA) is 58.2 Å². The molecule has 0 saturated heterocycles. The number of hydrogen-bond acceptors (Lipinski definition) is 4. The predicted molar refractivity (Wildman–Crippen MR) is 112 cm³/mol. The number of carbonyl (C=O) groups excluding carboxylic acids is 2. The lowest BCUT2D eigenvalue weighted by molar-refractivity contribution is -0.116. The van der Waals surface area contributed by atoms with Crippen LogP contribution in [0.1, 0.15) is 16.1 Å². The van der Waals surface area contributed by atoms with E-state index in [1.165, 1.54) is 35.2 Å². The van der Waals surface area contributed by atoms with Crippen molar-refractivity contribution in [2.24, 2.45) is 0 Å². The molecule has 0 bridgehead atoms. The van der Waals surface area contributed by atoms with Crippen molar-refractivity contribution in [2.75, 3.05) is 11.9 Å². The first-order chi connectivity index (χ1) is 13.5. The van der Waals surface area contributed by atoms with Gasteiger partial charge in [0.1, 0.15) is 5.82 Å². The molecule has 0 atom stereocenters. The molecular weight excluding hydrogens is 419 g/mol. The summed E-state index contributed by atoms with van der Waals surface area (Å²) in [6, 6.07) is 14.8. The Bertz CT molecular complexity index is 963. The molecule has 0 saturated carbocycles. The van der Waals surface area contributed by atoms with Gasteiger partial charge in [-0.1, -0.05) is 29.4 Å². The van der Waals surface area contributed by atoms with Gasteiger partial charge in [-0.05, 0) is 53.9 Å². The van der Waals surface area contributed by atoms with Crippen LogP contribution < -0.4 is 10.6 Å². The fourth-order valence-corrected chi connectivity index (χ4v) is 4.01. The lowest BCUT2D eigenvalue weighted by atomic mass is 10.3. The number of hydrogen-bond donors (Lipinski definition) is 2. The number of carbonyl (C=O) groups is 2. The summed E-state index contributed by atoms with van der Waals surface area (Å²) in [4.78, 5) is 26.4. The zero-order chi connectivity index (χ0) is 19.9. The normalized spacial score (nSPS) is 10.5. The largest absolute Gasteiger partial charge is 0.351 e. The quantitative estimate of drug-likeness (QED) is 0.519. The summed E-state index contributed by atoms with van der Waals surface area (Å²) in [7, 11) is 0. The summed E-state index contributed by atoms with van der Waals surface area (Å²) in [5.74, 6) is -0.744. The van der Waals surface area contributed by atoms with Crippen LogP contribution in [0.2, 0.25) is 5.02 Å². The number of thiophene rings is 1. The van der Waals surface area contributed by atoms with Crippen molar-refractivity contribution < 1.29 is 14.0 Å². The summed E-state index contributed by atoms with van der Waals surface area (Å²) < 4.78 is 13.1. The van der Waals surface area contributed by atoms with Gasteiger partial charge in [0.2, 0.25) is 5.91 Å². The first kappa shape index (κ1) is 20.4. The van der Waals surface area contributed by atoms with E-state index >= 15 is 0 Å². The number of rotatable bonds is 7. The van der Waals surface area contributed by atoms with E-state index in [0.29, 0.717) is 15.6 Å². The molecule has 1 heterocycles. The molecule has 0 radical (unpaired) electrons. The standard InChI is InChI=1S/C20H16ClFN2O2S2/c21-13-3-8-17(28-15-6-4-14(22)5-7-15)16(12-13)24-19(25)9-10-23-20(26)18-2-1-11-27-18/h1-8,11-12H,9-10H2,(H,23,26)(H,24,25). The summed E-state index contributed by atoms with van der Waals surface area (Å²) in [6.07, 6.45) is 0.129. The second-order valence-electron chi connectivity index (χ2n) is 5.73. The van der Waals surface area contributed by atoms with Gasteiger partial charge in [0, 0.05) is 27.8 Å². The molecule has 3 rings (SSSR count). The number of benzene rings is 2. The maximum Gasteiger partial charge on any atom is 0.261 e. The van der Waals surface area contributed by atoms with Crippen LogP contribution in [0.25, 0.3) is 0 Å². The Labute approximate surface area is 175 Å². The van der Waals surface area contributed by atoms with Crippen LogP contribution in [0, 0.1) is 5.82 Å². The molecule has 0 aliphatic heterocycles. The van der Waals surface area contributed by atoms with Crippen LogP contribution in [-0.2, 0) is 4.79 Å². The second-order valence-corrected chi connectivity index (χ2v) is 8.23. The molecule has 8 heteroatoms. The van der Waals surface area contributed by atoms with Gasteiger partial charge in [-0.25, -0.2) is 4.39 Å². The van der Waals surface area contributed by atoms with E-state index in [1.807, 2.05) is 5.38 Å². The highest BCUT2D eigenvalue weighted by atomic mass is 35.5. The van der Waals surface area contributed by atoms with E-state index in [1.54, 1.807) is 42.5 Å². The Morgan fingerprint density at radius 3 is 2.61 bits per heavy atom. The molecule has 144 valence electrons. The van der Waals surface area contributed by atoms with Crippen molar-refractivity contribution in [3.05, 3.63) is 75.7 Å². The zero-order valence-corrected chi connectivity index (χ0v) is 17.0. The third-order valence-electron chi connectivity index (χ3n) is 3.64. The smallest absolute Gasteiger partial charge is 0.261 e. The van der Waals surface area contributed by atoms with Crippen molar-refractivity contribution in [2.45, 2.75) is 16.2 Å². The molecule has 4 nitrogen and oxygen atoms in total. The summed E-state index contributed by atoms with van der Waals surface area (Å²) in [5, 5.41) is 7.85. The van der Waals surface area contributed by atoms with E-state index in [4.69, 9.17) is 11.6 Å². The Morgan fingerprint density at radius 2 is 1.89 bits per heavy atom. The van der Waals surface area contributed by atoms with Crippen molar-refractivity contribution in [1.82, 2.24) is 5.32 Å². The molecule has 2 amide bonds. The van der Waals surface area contributed by atoms with Gasteiger partial charge in [0.05, 0.1) is 10.6 Å². The Morgan fingerprint density at radius 1 is 1.11 bits per heavy atom. The third kappa shape index (κ3) is 5.82. The number of amides is 2. The fraction of sp³-hybridized carbons (Fsp3) is 0.100. The van der Waals surface area contributed by atoms with Crippen LogP contribution in [-0.4, -0.2) is 18.4 Å².